The largest absolute Gasteiger partial charge is 0.492 e. The summed E-state index contributed by atoms with van der Waals surface area (Å²) in [6.07, 6.45) is 0.236. The van der Waals surface area contributed by atoms with Crippen LogP contribution in [-0.2, 0) is 4.79 Å². The standard InChI is InChI=1S/C11H14O5S/c1-15-9-6(8(12)11(13)14)4-5-7(17-3)10(9)16-2/h4-5,8,12H,1-3H3,(H,13,14). The lowest BCUT2D eigenvalue weighted by atomic mass is 10.1. The molecule has 0 aliphatic carbocycles. The minimum Gasteiger partial charge on any atom is -0.492 e. The number of benzene rings is 1. The first-order valence-electron chi connectivity index (χ1n) is 4.76. The molecule has 0 radical (unpaired) electrons. The third kappa shape index (κ3) is 2.65. The van der Waals surface area contributed by atoms with Gasteiger partial charge in [0.2, 0.25) is 0 Å². The predicted molar refractivity (Wildman–Crippen MR) is 63.9 cm³/mol. The van der Waals surface area contributed by atoms with Crippen LogP contribution in [-0.4, -0.2) is 36.7 Å². The number of carbonyl (C=O) groups is 1. The van der Waals surface area contributed by atoms with E-state index in [1.54, 1.807) is 6.07 Å². The average molecular weight is 258 g/mol. The van der Waals surface area contributed by atoms with Gasteiger partial charge in [-0.2, -0.15) is 0 Å². The van der Waals surface area contributed by atoms with E-state index in [4.69, 9.17) is 14.6 Å². The molecule has 0 fully saturated rings. The number of thioether (sulfide) groups is 1. The van der Waals surface area contributed by atoms with Crippen LogP contribution in [0.4, 0.5) is 0 Å². The Balaban J connectivity index is 3.37. The molecular formula is C11H14O5S. The van der Waals surface area contributed by atoms with Crippen LogP contribution in [0.2, 0.25) is 0 Å². The summed E-state index contributed by atoms with van der Waals surface area (Å²) in [6, 6.07) is 3.21. The number of carboxylic acids is 1. The highest BCUT2D eigenvalue weighted by Crippen LogP contribution is 2.41. The summed E-state index contributed by atoms with van der Waals surface area (Å²) < 4.78 is 10.3. The molecule has 5 nitrogen and oxygen atoms in total. The van der Waals surface area contributed by atoms with Gasteiger partial charge in [0.1, 0.15) is 0 Å². The lowest BCUT2D eigenvalue weighted by Gasteiger charge is -2.16. The average Bonchev–Trinajstić information content (AvgIpc) is 2.35. The zero-order valence-electron chi connectivity index (χ0n) is 9.76. The van der Waals surface area contributed by atoms with Crippen LogP contribution in [0.15, 0.2) is 17.0 Å². The molecule has 0 bridgehead atoms. The first-order valence-corrected chi connectivity index (χ1v) is 5.99. The highest BCUT2D eigenvalue weighted by molar-refractivity contribution is 7.98. The van der Waals surface area contributed by atoms with Crippen LogP contribution in [0, 0.1) is 0 Å². The number of carboxylic acid groups (broad SMARTS) is 1. The van der Waals surface area contributed by atoms with E-state index < -0.39 is 12.1 Å². The van der Waals surface area contributed by atoms with Gasteiger partial charge >= 0.3 is 5.97 Å². The zero-order valence-corrected chi connectivity index (χ0v) is 10.6. The van der Waals surface area contributed by atoms with Crippen LogP contribution in [0.25, 0.3) is 0 Å². The molecule has 1 unspecified atom stereocenters. The zero-order chi connectivity index (χ0) is 13.0. The van der Waals surface area contributed by atoms with Crippen molar-refractivity contribution in [1.29, 1.82) is 0 Å². The van der Waals surface area contributed by atoms with Gasteiger partial charge in [-0.3, -0.25) is 0 Å². The lowest BCUT2D eigenvalue weighted by molar-refractivity contribution is -0.147. The molecule has 0 amide bonds. The normalized spacial score (nSPS) is 12.0. The lowest BCUT2D eigenvalue weighted by Crippen LogP contribution is -2.12. The maximum Gasteiger partial charge on any atom is 0.337 e. The Kier molecular flexibility index (Phi) is 4.65. The Morgan fingerprint density at radius 1 is 1.29 bits per heavy atom. The van der Waals surface area contributed by atoms with Crippen LogP contribution < -0.4 is 9.47 Å². The number of hydrogen-bond acceptors (Lipinski definition) is 5. The topological polar surface area (TPSA) is 76.0 Å². The number of methoxy groups -OCH3 is 2. The van der Waals surface area contributed by atoms with Gasteiger partial charge < -0.3 is 19.7 Å². The van der Waals surface area contributed by atoms with E-state index >= 15 is 0 Å². The first kappa shape index (κ1) is 13.7. The van der Waals surface area contributed by atoms with Gasteiger partial charge in [-0.1, -0.05) is 6.07 Å². The molecule has 0 saturated heterocycles. The highest BCUT2D eigenvalue weighted by Gasteiger charge is 2.24. The van der Waals surface area contributed by atoms with E-state index in [0.29, 0.717) is 5.75 Å². The fourth-order valence-corrected chi connectivity index (χ4v) is 2.04. The minimum absolute atomic E-state index is 0.176. The monoisotopic (exact) mass is 258 g/mol. The SMILES string of the molecule is COc1c(SC)ccc(C(O)C(=O)O)c1OC. The maximum absolute atomic E-state index is 10.8. The van der Waals surface area contributed by atoms with E-state index in [0.717, 1.165) is 4.90 Å². The van der Waals surface area contributed by atoms with Crippen LogP contribution in [0.3, 0.4) is 0 Å². The number of aliphatic hydroxyl groups is 1. The van der Waals surface area contributed by atoms with E-state index in [-0.39, 0.29) is 11.3 Å². The molecule has 0 aromatic heterocycles. The molecule has 6 heteroatoms. The molecule has 0 heterocycles. The summed E-state index contributed by atoms with van der Waals surface area (Å²) >= 11 is 1.44. The van der Waals surface area contributed by atoms with Gasteiger partial charge in [0.15, 0.2) is 17.6 Å². The van der Waals surface area contributed by atoms with Crippen molar-refractivity contribution < 1.29 is 24.5 Å². The Morgan fingerprint density at radius 3 is 2.29 bits per heavy atom. The smallest absolute Gasteiger partial charge is 0.337 e. The molecule has 1 aromatic carbocycles. The molecule has 1 aromatic rings. The third-order valence-corrected chi connectivity index (χ3v) is 3.02. The van der Waals surface area contributed by atoms with E-state index in [1.807, 2.05) is 6.26 Å². The van der Waals surface area contributed by atoms with E-state index in [1.165, 1.54) is 32.0 Å². The van der Waals surface area contributed by atoms with Crippen molar-refractivity contribution in [2.24, 2.45) is 0 Å². The molecule has 0 aliphatic rings. The second-order valence-electron chi connectivity index (χ2n) is 3.16. The van der Waals surface area contributed by atoms with Crippen LogP contribution >= 0.6 is 11.8 Å². The third-order valence-electron chi connectivity index (χ3n) is 2.26. The van der Waals surface area contributed by atoms with Crippen molar-refractivity contribution in [3.63, 3.8) is 0 Å². The molecule has 0 aliphatic heterocycles. The van der Waals surface area contributed by atoms with Gasteiger partial charge in [-0.15, -0.1) is 11.8 Å². The summed E-state index contributed by atoms with van der Waals surface area (Å²) in [4.78, 5) is 11.6. The Labute approximate surface area is 103 Å². The fraction of sp³-hybridized carbons (Fsp3) is 0.364. The van der Waals surface area contributed by atoms with Crippen molar-refractivity contribution in [2.45, 2.75) is 11.0 Å². The quantitative estimate of drug-likeness (QED) is 0.780. The second kappa shape index (κ2) is 5.79. The molecule has 0 spiro atoms. The molecular weight excluding hydrogens is 244 g/mol. The van der Waals surface area contributed by atoms with Gasteiger partial charge in [-0.25, -0.2) is 4.79 Å². The van der Waals surface area contributed by atoms with Crippen LogP contribution in [0.1, 0.15) is 11.7 Å². The number of rotatable bonds is 5. The van der Waals surface area contributed by atoms with Gasteiger partial charge in [0.25, 0.3) is 0 Å². The van der Waals surface area contributed by atoms with Crippen molar-refractivity contribution in [2.75, 3.05) is 20.5 Å². The Morgan fingerprint density at radius 2 is 1.88 bits per heavy atom. The predicted octanol–water partition coefficient (Wildman–Crippen LogP) is 1.54. The van der Waals surface area contributed by atoms with Crippen LogP contribution in [0.5, 0.6) is 11.5 Å². The molecule has 94 valence electrons. The Bertz CT molecular complexity index is 419. The van der Waals surface area contributed by atoms with Gasteiger partial charge in [-0.05, 0) is 12.3 Å². The summed E-state index contributed by atoms with van der Waals surface area (Å²) in [7, 11) is 2.87. The van der Waals surface area contributed by atoms with Gasteiger partial charge in [0, 0.05) is 5.56 Å². The van der Waals surface area contributed by atoms with E-state index in [2.05, 4.69) is 0 Å². The van der Waals surface area contributed by atoms with Crippen molar-refractivity contribution >= 4 is 17.7 Å². The van der Waals surface area contributed by atoms with E-state index in [9.17, 15) is 9.90 Å². The molecule has 1 atom stereocenters. The minimum atomic E-state index is -1.63. The first-order chi connectivity index (χ1) is 8.06. The Hall–Kier alpha value is -1.40. The maximum atomic E-state index is 10.8. The summed E-state index contributed by atoms with van der Waals surface area (Å²) in [5.41, 5.74) is 0.176. The molecule has 17 heavy (non-hydrogen) atoms. The number of ether oxygens (including phenoxy) is 2. The summed E-state index contributed by atoms with van der Waals surface area (Å²) in [5.74, 6) is -0.658. The number of aliphatic carboxylic acids is 1. The van der Waals surface area contributed by atoms with Crippen molar-refractivity contribution in [1.82, 2.24) is 0 Å². The van der Waals surface area contributed by atoms with Crippen molar-refractivity contribution in [3.05, 3.63) is 17.7 Å². The highest BCUT2D eigenvalue weighted by atomic mass is 32.2. The number of hydrogen-bond donors (Lipinski definition) is 2. The van der Waals surface area contributed by atoms with Crippen molar-refractivity contribution in [3.8, 4) is 11.5 Å². The molecule has 1 rings (SSSR count). The molecule has 0 saturated carbocycles. The molecule has 2 N–H and O–H groups in total. The number of aliphatic hydroxyl groups excluding tert-OH is 1. The summed E-state index contributed by atoms with van der Waals surface area (Å²) in [5, 5.41) is 18.3. The fourth-order valence-electron chi connectivity index (χ4n) is 1.47. The summed E-state index contributed by atoms with van der Waals surface area (Å²) in [6.45, 7) is 0. The van der Waals surface area contributed by atoms with Gasteiger partial charge in [0.05, 0.1) is 19.1 Å². The second-order valence-corrected chi connectivity index (χ2v) is 4.01.